The quantitative estimate of drug-likeness (QED) is 0.822. The average Bonchev–Trinajstić information content (AvgIpc) is 2.53. The van der Waals surface area contributed by atoms with Crippen LogP contribution in [0.15, 0.2) is 34.8 Å². The van der Waals surface area contributed by atoms with E-state index in [0.717, 1.165) is 10.0 Å². The van der Waals surface area contributed by atoms with Gasteiger partial charge in [-0.1, -0.05) is 27.5 Å². The van der Waals surface area contributed by atoms with Crippen LogP contribution in [0.2, 0.25) is 5.02 Å². The van der Waals surface area contributed by atoms with E-state index in [1.165, 1.54) is 0 Å². The molecular formula is C16H14BrClN2O2. The zero-order chi connectivity index (χ0) is 16.1. The summed E-state index contributed by atoms with van der Waals surface area (Å²) < 4.78 is 11.4. The number of nitriles is 1. The zero-order valence-corrected chi connectivity index (χ0v) is 14.5. The number of rotatable bonds is 5. The molecule has 0 fully saturated rings. The van der Waals surface area contributed by atoms with Crippen LogP contribution < -0.4 is 14.8 Å². The molecule has 0 aliphatic rings. The Morgan fingerprint density at radius 2 is 1.86 bits per heavy atom. The van der Waals surface area contributed by atoms with Gasteiger partial charge < -0.3 is 14.8 Å². The second kappa shape index (κ2) is 7.39. The zero-order valence-electron chi connectivity index (χ0n) is 12.1. The minimum absolute atomic E-state index is 0.510. The number of ether oxygens (including phenoxy) is 2. The smallest absolute Gasteiger partial charge is 0.161 e. The van der Waals surface area contributed by atoms with E-state index in [4.69, 9.17) is 26.3 Å². The number of hydrogen-bond acceptors (Lipinski definition) is 4. The Balaban J connectivity index is 2.25. The van der Waals surface area contributed by atoms with E-state index in [0.29, 0.717) is 34.3 Å². The summed E-state index contributed by atoms with van der Waals surface area (Å²) in [6.07, 6.45) is 0. The van der Waals surface area contributed by atoms with Crippen molar-refractivity contribution in [2.75, 3.05) is 19.5 Å². The molecule has 0 aliphatic heterocycles. The number of hydrogen-bond donors (Lipinski definition) is 1. The van der Waals surface area contributed by atoms with Gasteiger partial charge in [0.25, 0.3) is 0 Å². The van der Waals surface area contributed by atoms with Crippen LogP contribution >= 0.6 is 27.5 Å². The fraction of sp³-hybridized carbons (Fsp3) is 0.188. The molecule has 0 atom stereocenters. The van der Waals surface area contributed by atoms with Crippen LogP contribution in [0.4, 0.5) is 5.69 Å². The number of nitrogens with zero attached hydrogens (tertiary/aromatic N) is 1. The second-order valence-electron chi connectivity index (χ2n) is 4.45. The van der Waals surface area contributed by atoms with E-state index in [9.17, 15) is 0 Å². The average molecular weight is 382 g/mol. The molecule has 0 amide bonds. The summed E-state index contributed by atoms with van der Waals surface area (Å²) in [7, 11) is 3.18. The highest BCUT2D eigenvalue weighted by molar-refractivity contribution is 9.10. The lowest BCUT2D eigenvalue weighted by atomic mass is 10.1. The molecule has 22 heavy (non-hydrogen) atoms. The van der Waals surface area contributed by atoms with Gasteiger partial charge in [-0.2, -0.15) is 5.26 Å². The first-order valence-corrected chi connectivity index (χ1v) is 7.60. The lowest BCUT2D eigenvalue weighted by molar-refractivity contribution is 0.354. The van der Waals surface area contributed by atoms with Crippen molar-refractivity contribution in [2.24, 2.45) is 0 Å². The Bertz CT molecular complexity index is 729. The molecule has 0 heterocycles. The van der Waals surface area contributed by atoms with Crippen molar-refractivity contribution in [3.63, 3.8) is 0 Å². The lowest BCUT2D eigenvalue weighted by Gasteiger charge is -2.14. The molecular weight excluding hydrogens is 368 g/mol. The predicted octanol–water partition coefficient (Wildman–Crippen LogP) is 4.60. The van der Waals surface area contributed by atoms with Crippen LogP contribution in [0, 0.1) is 11.3 Å². The van der Waals surface area contributed by atoms with Crippen LogP contribution in [0.3, 0.4) is 0 Å². The van der Waals surface area contributed by atoms with Gasteiger partial charge in [-0.25, -0.2) is 0 Å². The van der Waals surface area contributed by atoms with Crippen molar-refractivity contribution >= 4 is 33.2 Å². The molecule has 2 aromatic carbocycles. The van der Waals surface area contributed by atoms with Crippen molar-refractivity contribution in [3.8, 4) is 17.6 Å². The molecule has 0 aromatic heterocycles. The van der Waals surface area contributed by atoms with Crippen LogP contribution in [-0.4, -0.2) is 14.2 Å². The Morgan fingerprint density at radius 1 is 1.18 bits per heavy atom. The first-order valence-electron chi connectivity index (χ1n) is 6.43. The maximum atomic E-state index is 9.13. The van der Waals surface area contributed by atoms with Crippen molar-refractivity contribution in [1.29, 1.82) is 5.26 Å². The minimum Gasteiger partial charge on any atom is -0.493 e. The number of anilines is 1. The highest BCUT2D eigenvalue weighted by atomic mass is 79.9. The van der Waals surface area contributed by atoms with Crippen LogP contribution in [0.1, 0.15) is 11.1 Å². The van der Waals surface area contributed by atoms with Gasteiger partial charge >= 0.3 is 0 Å². The predicted molar refractivity (Wildman–Crippen MR) is 90.7 cm³/mol. The van der Waals surface area contributed by atoms with Gasteiger partial charge in [0.05, 0.1) is 25.5 Å². The molecule has 2 aromatic rings. The van der Waals surface area contributed by atoms with Gasteiger partial charge in [-0.15, -0.1) is 0 Å². The molecule has 0 saturated heterocycles. The molecule has 114 valence electrons. The third kappa shape index (κ3) is 3.65. The Labute approximate surface area is 142 Å². The van der Waals surface area contributed by atoms with Crippen molar-refractivity contribution in [2.45, 2.75) is 6.54 Å². The summed E-state index contributed by atoms with van der Waals surface area (Å²) in [4.78, 5) is 0. The van der Waals surface area contributed by atoms with Gasteiger partial charge in [0, 0.05) is 16.0 Å². The number of methoxy groups -OCH3 is 2. The third-order valence-electron chi connectivity index (χ3n) is 3.12. The monoisotopic (exact) mass is 380 g/mol. The van der Waals surface area contributed by atoms with Crippen LogP contribution in [0.25, 0.3) is 0 Å². The molecule has 0 bridgehead atoms. The Kier molecular flexibility index (Phi) is 5.53. The maximum absolute atomic E-state index is 9.13. The molecule has 0 unspecified atom stereocenters. The Morgan fingerprint density at radius 3 is 2.50 bits per heavy atom. The fourth-order valence-electron chi connectivity index (χ4n) is 1.98. The van der Waals surface area contributed by atoms with E-state index in [2.05, 4.69) is 27.3 Å². The largest absolute Gasteiger partial charge is 0.493 e. The first-order chi connectivity index (χ1) is 10.6. The molecule has 2 rings (SSSR count). The van der Waals surface area contributed by atoms with Gasteiger partial charge in [0.2, 0.25) is 0 Å². The number of benzene rings is 2. The van der Waals surface area contributed by atoms with Crippen molar-refractivity contribution in [3.05, 3.63) is 51.0 Å². The normalized spacial score (nSPS) is 9.95. The summed E-state index contributed by atoms with van der Waals surface area (Å²) in [6.45, 7) is 0.510. The topological polar surface area (TPSA) is 54.3 Å². The summed E-state index contributed by atoms with van der Waals surface area (Å²) >= 11 is 9.49. The Hall–Kier alpha value is -1.90. The maximum Gasteiger partial charge on any atom is 0.161 e. The third-order valence-corrected chi connectivity index (χ3v) is 4.10. The van der Waals surface area contributed by atoms with Gasteiger partial charge in [-0.05, 0) is 35.9 Å². The molecule has 0 aliphatic carbocycles. The fourth-order valence-corrected chi connectivity index (χ4v) is 2.62. The van der Waals surface area contributed by atoms with Crippen LogP contribution in [0.5, 0.6) is 11.5 Å². The SMILES string of the molecule is COc1cc(Br)c(CNc2cc(Cl)ccc2C#N)cc1OC. The van der Waals surface area contributed by atoms with Crippen molar-refractivity contribution in [1.82, 2.24) is 0 Å². The molecule has 0 spiro atoms. The van der Waals surface area contributed by atoms with Gasteiger partial charge in [0.15, 0.2) is 11.5 Å². The standard InChI is InChI=1S/C16H14BrClN2O2/c1-21-15-5-11(13(17)7-16(15)22-2)9-20-14-6-12(18)4-3-10(14)8-19/h3-7,20H,9H2,1-2H3. The highest BCUT2D eigenvalue weighted by Gasteiger charge is 2.10. The summed E-state index contributed by atoms with van der Waals surface area (Å²) in [5, 5.41) is 12.9. The van der Waals surface area contributed by atoms with E-state index < -0.39 is 0 Å². The first kappa shape index (κ1) is 16.5. The van der Waals surface area contributed by atoms with E-state index in [-0.39, 0.29) is 0 Å². The second-order valence-corrected chi connectivity index (χ2v) is 5.74. The van der Waals surface area contributed by atoms with Crippen molar-refractivity contribution < 1.29 is 9.47 Å². The highest BCUT2D eigenvalue weighted by Crippen LogP contribution is 2.33. The molecule has 1 N–H and O–H groups in total. The van der Waals surface area contributed by atoms with E-state index in [1.54, 1.807) is 32.4 Å². The number of nitrogens with one attached hydrogen (secondary N) is 1. The molecule has 4 nitrogen and oxygen atoms in total. The number of halogens is 2. The molecule has 0 saturated carbocycles. The minimum atomic E-state index is 0.510. The summed E-state index contributed by atoms with van der Waals surface area (Å²) in [6, 6.07) is 11.0. The molecule has 0 radical (unpaired) electrons. The van der Waals surface area contributed by atoms with Gasteiger partial charge in [0.1, 0.15) is 6.07 Å². The molecule has 6 heteroatoms. The summed E-state index contributed by atoms with van der Waals surface area (Å²) in [5.74, 6) is 1.30. The van der Waals surface area contributed by atoms with Gasteiger partial charge in [-0.3, -0.25) is 0 Å². The summed E-state index contributed by atoms with van der Waals surface area (Å²) in [5.41, 5.74) is 2.21. The lowest BCUT2D eigenvalue weighted by Crippen LogP contribution is -2.03. The van der Waals surface area contributed by atoms with E-state index >= 15 is 0 Å². The van der Waals surface area contributed by atoms with Crippen LogP contribution in [-0.2, 0) is 6.54 Å². The van der Waals surface area contributed by atoms with E-state index in [1.807, 2.05) is 12.1 Å².